The summed E-state index contributed by atoms with van der Waals surface area (Å²) in [4.78, 5) is 25.7. The minimum Gasteiger partial charge on any atom is -0.468 e. The van der Waals surface area contributed by atoms with Gasteiger partial charge in [-0.25, -0.2) is 0 Å². The summed E-state index contributed by atoms with van der Waals surface area (Å²) < 4.78 is 5.22. The Labute approximate surface area is 128 Å². The van der Waals surface area contributed by atoms with Crippen LogP contribution >= 0.6 is 0 Å². The van der Waals surface area contributed by atoms with Crippen LogP contribution in [0.3, 0.4) is 0 Å². The average Bonchev–Trinajstić information content (AvgIpc) is 3.14. The average molecular weight is 298 g/mol. The Kier molecular flexibility index (Phi) is 4.34. The first-order chi connectivity index (χ1) is 10.7. The van der Waals surface area contributed by atoms with Crippen molar-refractivity contribution in [3.63, 3.8) is 0 Å². The third-order valence-electron chi connectivity index (χ3n) is 3.81. The molecular weight excluding hydrogens is 280 g/mol. The largest absolute Gasteiger partial charge is 0.468 e. The van der Waals surface area contributed by atoms with E-state index in [2.05, 4.69) is 5.32 Å². The summed E-state index contributed by atoms with van der Waals surface area (Å²) in [6, 6.07) is 13.0. The number of benzene rings is 1. The number of furan rings is 1. The second kappa shape index (κ2) is 6.58. The highest BCUT2D eigenvalue weighted by Gasteiger charge is 2.37. The third kappa shape index (κ3) is 3.26. The summed E-state index contributed by atoms with van der Waals surface area (Å²) in [6.45, 7) is 0.879. The van der Waals surface area contributed by atoms with Gasteiger partial charge in [0.05, 0.1) is 25.3 Å². The molecule has 2 amide bonds. The smallest absolute Gasteiger partial charge is 0.246 e. The summed E-state index contributed by atoms with van der Waals surface area (Å²) >= 11 is 0. The molecule has 0 radical (unpaired) electrons. The molecule has 2 aromatic rings. The Balaban J connectivity index is 1.54. The van der Waals surface area contributed by atoms with E-state index < -0.39 is 6.04 Å². The number of carbonyl (C=O) groups is 2. The van der Waals surface area contributed by atoms with Crippen LogP contribution in [0.2, 0.25) is 0 Å². The van der Waals surface area contributed by atoms with Crippen LogP contribution in [0, 0.1) is 0 Å². The van der Waals surface area contributed by atoms with Gasteiger partial charge in [-0.2, -0.15) is 0 Å². The molecule has 22 heavy (non-hydrogen) atoms. The van der Waals surface area contributed by atoms with Gasteiger partial charge in [0.1, 0.15) is 5.76 Å². The monoisotopic (exact) mass is 298 g/mol. The molecule has 0 spiro atoms. The van der Waals surface area contributed by atoms with Gasteiger partial charge in [0.25, 0.3) is 0 Å². The van der Waals surface area contributed by atoms with Crippen molar-refractivity contribution >= 4 is 11.8 Å². The molecule has 1 aliphatic rings. The van der Waals surface area contributed by atoms with Crippen molar-refractivity contribution in [3.8, 4) is 0 Å². The molecular formula is C17H18N2O3. The first kappa shape index (κ1) is 14.5. The van der Waals surface area contributed by atoms with Crippen LogP contribution in [-0.4, -0.2) is 29.3 Å². The standard InChI is InChI=1S/C17H18N2O3/c20-16-11-15(18-12-14-7-4-10-22-14)17(21)19(16)9-8-13-5-2-1-3-6-13/h1-7,10,15,18H,8-9,11-12H2/t15-/m0/s1. The molecule has 1 aliphatic heterocycles. The van der Waals surface area contributed by atoms with Gasteiger partial charge in [0, 0.05) is 6.54 Å². The summed E-state index contributed by atoms with van der Waals surface area (Å²) in [5.41, 5.74) is 1.12. The highest BCUT2D eigenvalue weighted by atomic mass is 16.3. The summed E-state index contributed by atoms with van der Waals surface area (Å²) in [5, 5.41) is 3.09. The van der Waals surface area contributed by atoms with Crippen LogP contribution in [-0.2, 0) is 22.6 Å². The predicted molar refractivity (Wildman–Crippen MR) is 80.8 cm³/mol. The quantitative estimate of drug-likeness (QED) is 0.825. The van der Waals surface area contributed by atoms with Crippen LogP contribution in [0.15, 0.2) is 53.1 Å². The fourth-order valence-corrected chi connectivity index (χ4v) is 2.60. The van der Waals surface area contributed by atoms with Gasteiger partial charge in [-0.1, -0.05) is 30.3 Å². The van der Waals surface area contributed by atoms with Crippen LogP contribution in [0.5, 0.6) is 0 Å². The minimum atomic E-state index is -0.451. The lowest BCUT2D eigenvalue weighted by Gasteiger charge is -2.15. The number of imide groups is 1. The number of hydrogen-bond donors (Lipinski definition) is 1. The molecule has 0 aliphatic carbocycles. The molecule has 1 fully saturated rings. The van der Waals surface area contributed by atoms with Crippen LogP contribution in [0.25, 0.3) is 0 Å². The van der Waals surface area contributed by atoms with Gasteiger partial charge in [-0.15, -0.1) is 0 Å². The van der Waals surface area contributed by atoms with Crippen molar-refractivity contribution in [2.45, 2.75) is 25.4 Å². The van der Waals surface area contributed by atoms with Crippen LogP contribution in [0.1, 0.15) is 17.7 Å². The summed E-state index contributed by atoms with van der Waals surface area (Å²) in [7, 11) is 0. The summed E-state index contributed by atoms with van der Waals surface area (Å²) in [6.07, 6.45) is 2.49. The minimum absolute atomic E-state index is 0.113. The fourth-order valence-electron chi connectivity index (χ4n) is 2.60. The normalized spacial score (nSPS) is 18.2. The molecule has 5 nitrogen and oxygen atoms in total. The van der Waals surface area contributed by atoms with Gasteiger partial charge < -0.3 is 4.42 Å². The van der Waals surface area contributed by atoms with E-state index in [1.807, 2.05) is 36.4 Å². The van der Waals surface area contributed by atoms with Crippen molar-refractivity contribution in [1.29, 1.82) is 0 Å². The first-order valence-electron chi connectivity index (χ1n) is 7.38. The molecule has 114 valence electrons. The maximum atomic E-state index is 12.3. The number of likely N-dealkylation sites (tertiary alicyclic amines) is 1. The fraction of sp³-hybridized carbons (Fsp3) is 0.294. The van der Waals surface area contributed by atoms with Gasteiger partial charge in [-0.05, 0) is 24.1 Å². The topological polar surface area (TPSA) is 62.6 Å². The number of nitrogens with zero attached hydrogens (tertiary/aromatic N) is 1. The Morgan fingerprint density at radius 1 is 1.14 bits per heavy atom. The molecule has 3 rings (SSSR count). The Hall–Kier alpha value is -2.40. The summed E-state index contributed by atoms with van der Waals surface area (Å²) in [5.74, 6) is 0.494. The van der Waals surface area contributed by atoms with Crippen LogP contribution < -0.4 is 5.32 Å². The molecule has 0 bridgehead atoms. The van der Waals surface area contributed by atoms with Gasteiger partial charge in [0.15, 0.2) is 0 Å². The molecule has 1 aromatic carbocycles. The predicted octanol–water partition coefficient (Wildman–Crippen LogP) is 1.74. The number of hydrogen-bond acceptors (Lipinski definition) is 4. The van der Waals surface area contributed by atoms with Gasteiger partial charge >= 0.3 is 0 Å². The van der Waals surface area contributed by atoms with Crippen molar-refractivity contribution in [1.82, 2.24) is 10.2 Å². The molecule has 1 N–H and O–H groups in total. The number of nitrogens with one attached hydrogen (secondary N) is 1. The zero-order valence-corrected chi connectivity index (χ0v) is 12.2. The Morgan fingerprint density at radius 2 is 1.95 bits per heavy atom. The molecule has 0 saturated carbocycles. The number of amides is 2. The lowest BCUT2D eigenvalue weighted by Crippen LogP contribution is -2.39. The maximum absolute atomic E-state index is 12.3. The third-order valence-corrected chi connectivity index (χ3v) is 3.81. The zero-order valence-electron chi connectivity index (χ0n) is 12.2. The Morgan fingerprint density at radius 3 is 2.68 bits per heavy atom. The molecule has 1 atom stereocenters. The maximum Gasteiger partial charge on any atom is 0.246 e. The lowest BCUT2D eigenvalue weighted by atomic mass is 10.1. The van der Waals surface area contributed by atoms with Crippen molar-refractivity contribution in [3.05, 3.63) is 60.1 Å². The zero-order chi connectivity index (χ0) is 15.4. The second-order valence-corrected chi connectivity index (χ2v) is 5.34. The molecule has 0 unspecified atom stereocenters. The molecule has 1 saturated heterocycles. The lowest BCUT2D eigenvalue weighted by molar-refractivity contribution is -0.138. The number of carbonyl (C=O) groups excluding carboxylic acids is 2. The van der Waals surface area contributed by atoms with E-state index in [0.29, 0.717) is 19.5 Å². The van der Waals surface area contributed by atoms with E-state index in [9.17, 15) is 9.59 Å². The van der Waals surface area contributed by atoms with Crippen molar-refractivity contribution < 1.29 is 14.0 Å². The van der Waals surface area contributed by atoms with E-state index in [0.717, 1.165) is 11.3 Å². The van der Waals surface area contributed by atoms with Gasteiger partial charge in [-0.3, -0.25) is 19.8 Å². The number of rotatable bonds is 6. The van der Waals surface area contributed by atoms with Crippen LogP contribution in [0.4, 0.5) is 0 Å². The van der Waals surface area contributed by atoms with Gasteiger partial charge in [0.2, 0.25) is 11.8 Å². The molecule has 2 heterocycles. The van der Waals surface area contributed by atoms with E-state index in [1.165, 1.54) is 4.90 Å². The first-order valence-corrected chi connectivity index (χ1v) is 7.38. The Bertz CT molecular complexity index is 637. The second-order valence-electron chi connectivity index (χ2n) is 5.34. The SMILES string of the molecule is O=C1C[C@H](NCc2ccco2)C(=O)N1CCc1ccccc1. The molecule has 1 aromatic heterocycles. The highest BCUT2D eigenvalue weighted by molar-refractivity contribution is 6.05. The van der Waals surface area contributed by atoms with Crippen molar-refractivity contribution in [2.24, 2.45) is 0 Å². The highest BCUT2D eigenvalue weighted by Crippen LogP contribution is 2.15. The molecule has 5 heteroatoms. The van der Waals surface area contributed by atoms with E-state index in [4.69, 9.17) is 4.42 Å². The van der Waals surface area contributed by atoms with Crippen molar-refractivity contribution in [2.75, 3.05) is 6.54 Å². The van der Waals surface area contributed by atoms with E-state index in [1.54, 1.807) is 12.3 Å². The van der Waals surface area contributed by atoms with E-state index in [-0.39, 0.29) is 18.2 Å². The van der Waals surface area contributed by atoms with E-state index >= 15 is 0 Å².